The summed E-state index contributed by atoms with van der Waals surface area (Å²) in [5.41, 5.74) is 1.28. The molecule has 10 heteroatoms. The lowest BCUT2D eigenvalue weighted by atomic mass is 10.2. The lowest BCUT2D eigenvalue weighted by Crippen LogP contribution is -2.49. The maximum absolute atomic E-state index is 13.3. The molecule has 0 N–H and O–H groups in total. The summed E-state index contributed by atoms with van der Waals surface area (Å²) in [6.07, 6.45) is -0.883. The van der Waals surface area contributed by atoms with E-state index in [1.165, 1.54) is 37.1 Å². The fraction of sp³-hybridized carbons (Fsp3) is 0.333. The maximum atomic E-state index is 13.3. The van der Waals surface area contributed by atoms with Crippen LogP contribution in [0, 0.1) is 0 Å². The van der Waals surface area contributed by atoms with E-state index in [9.17, 15) is 18.0 Å². The number of hydrogen-bond acceptors (Lipinski definition) is 7. The van der Waals surface area contributed by atoms with E-state index in [0.29, 0.717) is 0 Å². The highest BCUT2D eigenvalue weighted by molar-refractivity contribution is 7.94. The maximum Gasteiger partial charge on any atom is 0.347 e. The molecule has 3 rings (SSSR count). The second-order valence-electron chi connectivity index (χ2n) is 7.16. The summed E-state index contributed by atoms with van der Waals surface area (Å²) in [4.78, 5) is 27.9. The average Bonchev–Trinajstić information content (AvgIpc) is 2.72. The van der Waals surface area contributed by atoms with Gasteiger partial charge in [-0.2, -0.15) is 4.31 Å². The van der Waals surface area contributed by atoms with Crippen LogP contribution in [0.3, 0.4) is 0 Å². The summed E-state index contributed by atoms with van der Waals surface area (Å²) in [5.74, 6) is -0.289. The molecule has 31 heavy (non-hydrogen) atoms. The van der Waals surface area contributed by atoms with Gasteiger partial charge in [0.1, 0.15) is 10.6 Å². The van der Waals surface area contributed by atoms with Crippen molar-refractivity contribution in [2.75, 3.05) is 41.9 Å². The number of ether oxygens (including phenoxy) is 2. The summed E-state index contributed by atoms with van der Waals surface area (Å²) < 4.78 is 37.8. The number of benzene rings is 2. The predicted molar refractivity (Wildman–Crippen MR) is 117 cm³/mol. The standard InChI is InChI=1S/C21H25N3O6S/c1-6-29-20(25)14(2)30-17-11-12-19-18(13-17)23(5)21(26)24(31(19,27)28)16-9-7-15(8-10-16)22(3)4/h7-14H,6H2,1-5H3/t14-/m1/s1. The molecule has 1 atom stereocenters. The quantitative estimate of drug-likeness (QED) is 0.628. The largest absolute Gasteiger partial charge is 0.479 e. The molecular weight excluding hydrogens is 422 g/mol. The van der Waals surface area contributed by atoms with Crippen molar-refractivity contribution >= 4 is 39.1 Å². The van der Waals surface area contributed by atoms with Crippen molar-refractivity contribution in [3.05, 3.63) is 42.5 Å². The Morgan fingerprint density at radius 3 is 2.35 bits per heavy atom. The van der Waals surface area contributed by atoms with Crippen LogP contribution in [0.4, 0.5) is 21.9 Å². The minimum absolute atomic E-state index is 0.0394. The van der Waals surface area contributed by atoms with Gasteiger partial charge < -0.3 is 14.4 Å². The number of amides is 2. The summed E-state index contributed by atoms with van der Waals surface area (Å²) >= 11 is 0. The van der Waals surface area contributed by atoms with Crippen molar-refractivity contribution in [1.29, 1.82) is 0 Å². The van der Waals surface area contributed by atoms with Gasteiger partial charge in [-0.3, -0.25) is 4.90 Å². The number of urea groups is 1. The molecule has 0 unspecified atom stereocenters. The Hall–Kier alpha value is -3.27. The number of carbonyl (C=O) groups excluding carboxylic acids is 2. The highest BCUT2D eigenvalue weighted by Crippen LogP contribution is 2.39. The first kappa shape index (κ1) is 22.4. The highest BCUT2D eigenvalue weighted by atomic mass is 32.2. The summed E-state index contributed by atoms with van der Waals surface area (Å²) in [6, 6.07) is 10.2. The highest BCUT2D eigenvalue weighted by Gasteiger charge is 2.41. The zero-order chi connectivity index (χ0) is 22.9. The predicted octanol–water partition coefficient (Wildman–Crippen LogP) is 2.85. The average molecular weight is 448 g/mol. The van der Waals surface area contributed by atoms with E-state index in [1.807, 2.05) is 19.0 Å². The van der Waals surface area contributed by atoms with E-state index < -0.39 is 28.1 Å². The van der Waals surface area contributed by atoms with Crippen molar-refractivity contribution in [3.8, 4) is 5.75 Å². The van der Waals surface area contributed by atoms with Gasteiger partial charge in [0.2, 0.25) is 0 Å². The first-order valence-corrected chi connectivity index (χ1v) is 11.1. The van der Waals surface area contributed by atoms with E-state index in [0.717, 1.165) is 9.99 Å². The summed E-state index contributed by atoms with van der Waals surface area (Å²) in [7, 11) is 1.07. The molecule has 0 aliphatic carbocycles. The molecule has 1 aliphatic heterocycles. The fourth-order valence-corrected chi connectivity index (χ4v) is 4.76. The molecule has 2 aromatic rings. The van der Waals surface area contributed by atoms with Crippen LogP contribution < -0.4 is 18.8 Å². The molecule has 0 spiro atoms. The zero-order valence-corrected chi connectivity index (χ0v) is 18.8. The Labute approximate surface area is 181 Å². The zero-order valence-electron chi connectivity index (χ0n) is 18.0. The second-order valence-corrected chi connectivity index (χ2v) is 8.92. The smallest absolute Gasteiger partial charge is 0.347 e. The third kappa shape index (κ3) is 4.15. The molecule has 9 nitrogen and oxygen atoms in total. The van der Waals surface area contributed by atoms with E-state index >= 15 is 0 Å². The van der Waals surface area contributed by atoms with Crippen LogP contribution in [0.1, 0.15) is 13.8 Å². The molecule has 0 radical (unpaired) electrons. The van der Waals surface area contributed by atoms with Crippen LogP contribution in [0.2, 0.25) is 0 Å². The van der Waals surface area contributed by atoms with Gasteiger partial charge in [-0.1, -0.05) is 0 Å². The van der Waals surface area contributed by atoms with Crippen LogP contribution in [-0.4, -0.2) is 54.3 Å². The minimum Gasteiger partial charge on any atom is -0.479 e. The van der Waals surface area contributed by atoms with Crippen molar-refractivity contribution in [2.45, 2.75) is 24.8 Å². The van der Waals surface area contributed by atoms with Crippen molar-refractivity contribution in [2.24, 2.45) is 0 Å². The first-order valence-electron chi connectivity index (χ1n) is 9.65. The molecule has 0 bridgehead atoms. The van der Waals surface area contributed by atoms with Gasteiger partial charge in [0, 0.05) is 32.9 Å². The number of hydrogen-bond donors (Lipinski definition) is 0. The number of fused-ring (bicyclic) bond motifs is 1. The van der Waals surface area contributed by atoms with E-state index in [-0.39, 0.29) is 28.6 Å². The topological polar surface area (TPSA) is 96.5 Å². The van der Waals surface area contributed by atoms with Gasteiger partial charge in [-0.25, -0.2) is 18.0 Å². The van der Waals surface area contributed by atoms with Crippen LogP contribution in [0.25, 0.3) is 0 Å². The Balaban J connectivity index is 1.97. The van der Waals surface area contributed by atoms with Crippen molar-refractivity contribution < 1.29 is 27.5 Å². The molecule has 166 valence electrons. The number of carbonyl (C=O) groups is 2. The molecule has 2 amide bonds. The lowest BCUT2D eigenvalue weighted by Gasteiger charge is -2.34. The molecular formula is C21H25N3O6S. The number of nitrogens with zero attached hydrogens (tertiary/aromatic N) is 3. The van der Waals surface area contributed by atoms with Gasteiger partial charge >= 0.3 is 12.0 Å². The number of esters is 1. The number of sulfonamides is 1. The molecule has 1 aliphatic rings. The van der Waals surface area contributed by atoms with Crippen molar-refractivity contribution in [3.63, 3.8) is 0 Å². The fourth-order valence-electron chi connectivity index (χ4n) is 3.14. The van der Waals surface area contributed by atoms with Crippen molar-refractivity contribution in [1.82, 2.24) is 0 Å². The molecule has 1 heterocycles. The third-order valence-corrected chi connectivity index (χ3v) is 6.55. The summed E-state index contributed by atoms with van der Waals surface area (Å²) in [5, 5.41) is 0. The Morgan fingerprint density at radius 1 is 1.13 bits per heavy atom. The molecule has 0 saturated carbocycles. The van der Waals surface area contributed by atoms with Crippen LogP contribution >= 0.6 is 0 Å². The number of rotatable bonds is 6. The second kappa shape index (κ2) is 8.46. The monoisotopic (exact) mass is 447 g/mol. The SMILES string of the molecule is CCOC(=O)[C@@H](C)Oc1ccc2c(c1)N(C)C(=O)N(c1ccc(N(C)C)cc1)S2(=O)=O. The summed E-state index contributed by atoms with van der Waals surface area (Å²) in [6.45, 7) is 3.44. The van der Waals surface area contributed by atoms with Gasteiger partial charge in [-0.05, 0) is 50.2 Å². The molecule has 0 fully saturated rings. The Kier molecular flexibility index (Phi) is 6.12. The van der Waals surface area contributed by atoms with Crippen LogP contribution in [-0.2, 0) is 19.6 Å². The van der Waals surface area contributed by atoms with E-state index in [4.69, 9.17) is 9.47 Å². The van der Waals surface area contributed by atoms with Gasteiger partial charge in [-0.15, -0.1) is 0 Å². The normalized spacial score (nSPS) is 15.8. The molecule has 0 aromatic heterocycles. The Morgan fingerprint density at radius 2 is 1.77 bits per heavy atom. The third-order valence-electron chi connectivity index (χ3n) is 4.80. The van der Waals surface area contributed by atoms with E-state index in [2.05, 4.69) is 0 Å². The van der Waals surface area contributed by atoms with Gasteiger partial charge in [0.25, 0.3) is 10.0 Å². The number of anilines is 3. The van der Waals surface area contributed by atoms with Gasteiger partial charge in [0.05, 0.1) is 18.0 Å². The lowest BCUT2D eigenvalue weighted by molar-refractivity contribution is -0.150. The van der Waals surface area contributed by atoms with Crippen LogP contribution in [0.15, 0.2) is 47.4 Å². The van der Waals surface area contributed by atoms with Crippen LogP contribution in [0.5, 0.6) is 5.75 Å². The van der Waals surface area contributed by atoms with E-state index in [1.54, 1.807) is 31.2 Å². The molecule has 2 aromatic carbocycles. The minimum atomic E-state index is -4.14. The first-order chi connectivity index (χ1) is 14.6. The Bertz CT molecular complexity index is 1100. The molecule has 0 saturated heterocycles. The van der Waals surface area contributed by atoms with Gasteiger partial charge in [0.15, 0.2) is 6.10 Å².